The fourth-order valence-electron chi connectivity index (χ4n) is 1.05. The zero-order chi connectivity index (χ0) is 10.7. The van der Waals surface area contributed by atoms with Crippen molar-refractivity contribution in [3.05, 3.63) is 36.3 Å². The minimum Gasteiger partial charge on any atom is -0.464 e. The number of methoxy groups -OCH3 is 1. The van der Waals surface area contributed by atoms with Crippen molar-refractivity contribution < 1.29 is 19.0 Å². The molecule has 0 aliphatic carbocycles. The van der Waals surface area contributed by atoms with Crippen LogP contribution in [0.1, 0.15) is 22.5 Å². The van der Waals surface area contributed by atoms with E-state index in [1.807, 2.05) is 0 Å². The highest BCUT2D eigenvalue weighted by molar-refractivity contribution is 5.86. The zero-order valence-electron chi connectivity index (χ0n) is 7.91. The summed E-state index contributed by atoms with van der Waals surface area (Å²) in [6, 6.07) is 0. The van der Waals surface area contributed by atoms with Crippen LogP contribution in [0.5, 0.6) is 0 Å². The Balaban J connectivity index is 2.13. The van der Waals surface area contributed by atoms with Gasteiger partial charge in [-0.15, -0.1) is 0 Å². The van der Waals surface area contributed by atoms with Gasteiger partial charge in [0.05, 0.1) is 19.5 Å². The summed E-state index contributed by atoms with van der Waals surface area (Å²) in [6.07, 6.45) is 4.97. The molecule has 6 heteroatoms. The Bertz CT molecular complexity index is 380. The van der Waals surface area contributed by atoms with E-state index >= 15 is 0 Å². The van der Waals surface area contributed by atoms with E-state index in [1.54, 1.807) is 0 Å². The van der Waals surface area contributed by atoms with Crippen LogP contribution in [0.2, 0.25) is 0 Å². The minimum absolute atomic E-state index is 0.146. The number of carbonyl (C=O) groups excluding carboxylic acids is 1. The van der Waals surface area contributed by atoms with Crippen molar-refractivity contribution in [2.75, 3.05) is 7.11 Å². The fourth-order valence-corrected chi connectivity index (χ4v) is 1.05. The van der Waals surface area contributed by atoms with Crippen molar-refractivity contribution in [3.63, 3.8) is 0 Å². The lowest BCUT2D eigenvalue weighted by molar-refractivity contribution is -0.0282. The van der Waals surface area contributed by atoms with Crippen molar-refractivity contribution in [3.8, 4) is 0 Å². The maximum absolute atomic E-state index is 11.0. The Kier molecular flexibility index (Phi) is 2.49. The largest absolute Gasteiger partial charge is 0.464 e. The van der Waals surface area contributed by atoms with Crippen molar-refractivity contribution in [1.82, 2.24) is 9.97 Å². The molecular weight excluding hydrogens is 200 g/mol. The highest BCUT2D eigenvalue weighted by atomic mass is 16.7. The third-order valence-corrected chi connectivity index (χ3v) is 1.77. The molecule has 1 aliphatic rings. The number of rotatable bonds is 2. The maximum Gasteiger partial charge on any atom is 0.358 e. The van der Waals surface area contributed by atoms with Gasteiger partial charge in [0.1, 0.15) is 18.2 Å². The van der Waals surface area contributed by atoms with Crippen LogP contribution in [-0.2, 0) is 14.2 Å². The SMILES string of the molecule is COC(=O)c1cnc(C2OC=CO2)cn1. The summed E-state index contributed by atoms with van der Waals surface area (Å²) >= 11 is 0. The van der Waals surface area contributed by atoms with Crippen molar-refractivity contribution in [1.29, 1.82) is 0 Å². The van der Waals surface area contributed by atoms with E-state index in [4.69, 9.17) is 9.47 Å². The lowest BCUT2D eigenvalue weighted by Crippen LogP contribution is -2.08. The number of hydrogen-bond donors (Lipinski definition) is 0. The first kappa shape index (κ1) is 9.45. The van der Waals surface area contributed by atoms with E-state index in [2.05, 4.69) is 14.7 Å². The number of carbonyl (C=O) groups is 1. The average molecular weight is 208 g/mol. The first-order chi connectivity index (χ1) is 7.31. The molecule has 1 aromatic heterocycles. The van der Waals surface area contributed by atoms with Crippen molar-refractivity contribution >= 4 is 5.97 Å². The standard InChI is InChI=1S/C9H8N2O4/c1-13-8(12)6-4-11-7(5-10-6)9-14-2-3-15-9/h2-5,9H,1H3. The second-order valence-electron chi connectivity index (χ2n) is 2.69. The molecule has 0 fully saturated rings. The van der Waals surface area contributed by atoms with Crippen LogP contribution >= 0.6 is 0 Å². The molecule has 0 aromatic carbocycles. The molecule has 1 aliphatic heterocycles. The van der Waals surface area contributed by atoms with Crippen LogP contribution in [0.3, 0.4) is 0 Å². The molecule has 0 saturated heterocycles. The first-order valence-corrected chi connectivity index (χ1v) is 4.17. The summed E-state index contributed by atoms with van der Waals surface area (Å²) in [4.78, 5) is 18.9. The van der Waals surface area contributed by atoms with E-state index < -0.39 is 12.3 Å². The molecule has 2 heterocycles. The van der Waals surface area contributed by atoms with Gasteiger partial charge in [-0.3, -0.25) is 0 Å². The van der Waals surface area contributed by atoms with E-state index in [9.17, 15) is 4.79 Å². The summed E-state index contributed by atoms with van der Waals surface area (Å²) in [7, 11) is 1.28. The second kappa shape index (κ2) is 3.95. The summed E-state index contributed by atoms with van der Waals surface area (Å²) in [5.41, 5.74) is 0.639. The molecule has 0 bridgehead atoms. The van der Waals surface area contributed by atoms with E-state index in [-0.39, 0.29) is 5.69 Å². The molecule has 0 radical (unpaired) electrons. The predicted molar refractivity (Wildman–Crippen MR) is 47.4 cm³/mol. The molecule has 1 aromatic rings. The second-order valence-corrected chi connectivity index (χ2v) is 2.69. The van der Waals surface area contributed by atoms with Crippen molar-refractivity contribution in [2.24, 2.45) is 0 Å². The summed E-state index contributed by atoms with van der Waals surface area (Å²) in [5, 5.41) is 0. The smallest absolute Gasteiger partial charge is 0.358 e. The molecule has 0 saturated carbocycles. The molecule has 2 rings (SSSR count). The van der Waals surface area contributed by atoms with Gasteiger partial charge in [0, 0.05) is 0 Å². The number of esters is 1. The van der Waals surface area contributed by atoms with Crippen LogP contribution in [0.4, 0.5) is 0 Å². The topological polar surface area (TPSA) is 70.5 Å². The summed E-state index contributed by atoms with van der Waals surface area (Å²) < 4.78 is 14.6. The minimum atomic E-state index is -0.579. The van der Waals surface area contributed by atoms with Gasteiger partial charge >= 0.3 is 5.97 Å². The van der Waals surface area contributed by atoms with Gasteiger partial charge in [-0.25, -0.2) is 14.8 Å². The quantitative estimate of drug-likeness (QED) is 0.669. The highest BCUT2D eigenvalue weighted by Crippen LogP contribution is 2.21. The Morgan fingerprint density at radius 1 is 1.33 bits per heavy atom. The van der Waals surface area contributed by atoms with Gasteiger partial charge in [0.2, 0.25) is 0 Å². The lowest BCUT2D eigenvalue weighted by Gasteiger charge is -2.08. The number of ether oxygens (including phenoxy) is 3. The third kappa shape index (κ3) is 1.88. The normalized spacial score (nSPS) is 14.5. The van der Waals surface area contributed by atoms with Gasteiger partial charge in [-0.1, -0.05) is 0 Å². The molecule has 0 atom stereocenters. The molecule has 6 nitrogen and oxygen atoms in total. The molecule has 0 spiro atoms. The van der Waals surface area contributed by atoms with Gasteiger partial charge < -0.3 is 14.2 Å². The summed E-state index contributed by atoms with van der Waals surface area (Å²) in [6.45, 7) is 0. The number of aromatic nitrogens is 2. The number of nitrogens with zero attached hydrogens (tertiary/aromatic N) is 2. The van der Waals surface area contributed by atoms with E-state index in [0.29, 0.717) is 5.69 Å². The van der Waals surface area contributed by atoms with Crippen LogP contribution in [0.15, 0.2) is 24.9 Å². The Hall–Kier alpha value is -2.11. The molecule has 15 heavy (non-hydrogen) atoms. The Labute approximate surface area is 85.5 Å². The molecule has 0 amide bonds. The molecule has 0 N–H and O–H groups in total. The highest BCUT2D eigenvalue weighted by Gasteiger charge is 2.18. The molecule has 0 unspecified atom stereocenters. The van der Waals surface area contributed by atoms with Crippen LogP contribution in [0.25, 0.3) is 0 Å². The van der Waals surface area contributed by atoms with Gasteiger partial charge in [0.25, 0.3) is 6.29 Å². The monoisotopic (exact) mass is 208 g/mol. The van der Waals surface area contributed by atoms with Gasteiger partial charge in [-0.05, 0) is 0 Å². The Morgan fingerprint density at radius 3 is 2.60 bits per heavy atom. The fraction of sp³-hybridized carbons (Fsp3) is 0.222. The first-order valence-electron chi connectivity index (χ1n) is 4.17. The van der Waals surface area contributed by atoms with Crippen LogP contribution in [-0.4, -0.2) is 23.0 Å². The van der Waals surface area contributed by atoms with Crippen molar-refractivity contribution in [2.45, 2.75) is 6.29 Å². The van der Waals surface area contributed by atoms with E-state index in [0.717, 1.165) is 0 Å². The Morgan fingerprint density at radius 2 is 2.07 bits per heavy atom. The zero-order valence-corrected chi connectivity index (χ0v) is 7.91. The molecular formula is C9H8N2O4. The summed E-state index contributed by atoms with van der Waals surface area (Å²) in [5.74, 6) is -0.527. The lowest BCUT2D eigenvalue weighted by atomic mass is 10.4. The average Bonchev–Trinajstić information content (AvgIpc) is 2.82. The van der Waals surface area contributed by atoms with Gasteiger partial charge in [-0.2, -0.15) is 0 Å². The predicted octanol–water partition coefficient (Wildman–Crippen LogP) is 0.780. The van der Waals surface area contributed by atoms with Crippen LogP contribution < -0.4 is 0 Å². The van der Waals surface area contributed by atoms with E-state index in [1.165, 1.54) is 32.0 Å². The molecule has 78 valence electrons. The maximum atomic E-state index is 11.0. The third-order valence-electron chi connectivity index (χ3n) is 1.77. The van der Waals surface area contributed by atoms with Gasteiger partial charge in [0.15, 0.2) is 5.69 Å². The number of hydrogen-bond acceptors (Lipinski definition) is 6. The van der Waals surface area contributed by atoms with Crippen LogP contribution in [0, 0.1) is 0 Å².